The van der Waals surface area contributed by atoms with E-state index in [0.29, 0.717) is 17.7 Å². The first-order valence-electron chi connectivity index (χ1n) is 5.51. The zero-order valence-corrected chi connectivity index (χ0v) is 10.7. The summed E-state index contributed by atoms with van der Waals surface area (Å²) in [5.41, 5.74) is 6.93. The topological polar surface area (TPSA) is 81.8 Å². The van der Waals surface area contributed by atoms with Crippen LogP contribution in [0.25, 0.3) is 6.08 Å². The number of methoxy groups -OCH3 is 1. The fourth-order valence-electron chi connectivity index (χ4n) is 1.44. The number of ether oxygens (including phenoxy) is 2. The van der Waals surface area contributed by atoms with Gasteiger partial charge >= 0.3 is 5.97 Å². The lowest BCUT2D eigenvalue weighted by atomic mass is 10.1. The Morgan fingerprint density at radius 2 is 2.17 bits per heavy atom. The second-order valence-electron chi connectivity index (χ2n) is 3.71. The maximum atomic E-state index is 11.5. The van der Waals surface area contributed by atoms with Crippen molar-refractivity contribution < 1.29 is 19.4 Å². The molecule has 5 heteroatoms. The van der Waals surface area contributed by atoms with Crippen molar-refractivity contribution in [3.8, 4) is 11.5 Å². The van der Waals surface area contributed by atoms with Crippen LogP contribution in [0.1, 0.15) is 19.4 Å². The number of carbonyl (C=O) groups is 1. The number of benzene rings is 1. The summed E-state index contributed by atoms with van der Waals surface area (Å²) >= 11 is 0. The van der Waals surface area contributed by atoms with E-state index in [9.17, 15) is 9.90 Å². The van der Waals surface area contributed by atoms with Crippen molar-refractivity contribution in [3.63, 3.8) is 0 Å². The number of carbonyl (C=O) groups excluding carboxylic acids is 1. The Bertz CT molecular complexity index is 480. The summed E-state index contributed by atoms with van der Waals surface area (Å²) in [6, 6.07) is 3.15. The predicted octanol–water partition coefficient (Wildman–Crippen LogP) is 1.95. The third-order valence-corrected chi connectivity index (χ3v) is 2.33. The number of esters is 1. The first kappa shape index (κ1) is 13.9. The van der Waals surface area contributed by atoms with Crippen LogP contribution in [0.2, 0.25) is 0 Å². The van der Waals surface area contributed by atoms with Crippen LogP contribution >= 0.6 is 0 Å². The van der Waals surface area contributed by atoms with Crippen LogP contribution in [0.15, 0.2) is 17.7 Å². The Morgan fingerprint density at radius 3 is 2.72 bits per heavy atom. The molecule has 0 saturated heterocycles. The second-order valence-corrected chi connectivity index (χ2v) is 3.71. The van der Waals surface area contributed by atoms with E-state index >= 15 is 0 Å². The van der Waals surface area contributed by atoms with Crippen molar-refractivity contribution in [3.05, 3.63) is 23.3 Å². The molecule has 0 aliphatic heterocycles. The molecule has 0 aliphatic rings. The van der Waals surface area contributed by atoms with E-state index in [4.69, 9.17) is 15.2 Å². The van der Waals surface area contributed by atoms with Gasteiger partial charge in [0.15, 0.2) is 11.5 Å². The van der Waals surface area contributed by atoms with Crippen molar-refractivity contribution in [1.82, 2.24) is 0 Å². The standard InChI is InChI=1S/C13H17NO4/c1-4-18-13(16)8(2)5-9-6-10(14)12(15)11(7-9)17-3/h5-7,15H,4,14H2,1-3H3. The lowest BCUT2D eigenvalue weighted by Crippen LogP contribution is -2.04. The molecule has 0 fully saturated rings. The molecule has 0 heterocycles. The Morgan fingerprint density at radius 1 is 1.50 bits per heavy atom. The molecule has 0 spiro atoms. The van der Waals surface area contributed by atoms with Crippen LogP contribution in [-0.4, -0.2) is 24.8 Å². The maximum Gasteiger partial charge on any atom is 0.333 e. The Hall–Kier alpha value is -2.17. The first-order valence-corrected chi connectivity index (χ1v) is 5.51. The molecule has 0 saturated carbocycles. The van der Waals surface area contributed by atoms with Gasteiger partial charge in [0.25, 0.3) is 0 Å². The molecule has 0 atom stereocenters. The summed E-state index contributed by atoms with van der Waals surface area (Å²) in [5.74, 6) is -0.232. The molecular weight excluding hydrogens is 234 g/mol. The average molecular weight is 251 g/mol. The second kappa shape index (κ2) is 5.95. The van der Waals surface area contributed by atoms with Gasteiger partial charge in [-0.15, -0.1) is 0 Å². The third kappa shape index (κ3) is 3.16. The number of nitrogen functional groups attached to an aromatic ring is 1. The molecule has 0 bridgehead atoms. The number of aromatic hydroxyl groups is 1. The molecule has 0 aromatic heterocycles. The van der Waals surface area contributed by atoms with Gasteiger partial charge in [0.2, 0.25) is 0 Å². The van der Waals surface area contributed by atoms with Gasteiger partial charge in [-0.2, -0.15) is 0 Å². The van der Waals surface area contributed by atoms with E-state index < -0.39 is 0 Å². The van der Waals surface area contributed by atoms with Crippen LogP contribution in [-0.2, 0) is 9.53 Å². The number of phenols is 1. The van der Waals surface area contributed by atoms with Crippen LogP contribution in [0.4, 0.5) is 5.69 Å². The molecule has 0 aliphatic carbocycles. The zero-order valence-electron chi connectivity index (χ0n) is 10.7. The highest BCUT2D eigenvalue weighted by atomic mass is 16.5. The minimum absolute atomic E-state index is 0.108. The summed E-state index contributed by atoms with van der Waals surface area (Å²) in [4.78, 5) is 11.5. The largest absolute Gasteiger partial charge is 0.503 e. The Kier molecular flexibility index (Phi) is 4.59. The monoisotopic (exact) mass is 251 g/mol. The third-order valence-electron chi connectivity index (χ3n) is 2.33. The highest BCUT2D eigenvalue weighted by molar-refractivity contribution is 5.93. The zero-order chi connectivity index (χ0) is 13.7. The highest BCUT2D eigenvalue weighted by Crippen LogP contribution is 2.33. The van der Waals surface area contributed by atoms with Gasteiger partial charge in [-0.25, -0.2) is 4.79 Å². The normalized spacial score (nSPS) is 11.2. The number of rotatable bonds is 4. The van der Waals surface area contributed by atoms with E-state index in [2.05, 4.69) is 0 Å². The van der Waals surface area contributed by atoms with Crippen molar-refractivity contribution >= 4 is 17.7 Å². The quantitative estimate of drug-likeness (QED) is 0.370. The molecular formula is C13H17NO4. The minimum atomic E-state index is -0.386. The van der Waals surface area contributed by atoms with E-state index in [1.807, 2.05) is 0 Å². The number of anilines is 1. The average Bonchev–Trinajstić information content (AvgIpc) is 2.33. The molecule has 0 unspecified atom stereocenters. The van der Waals surface area contributed by atoms with Gasteiger partial charge < -0.3 is 20.3 Å². The summed E-state index contributed by atoms with van der Waals surface area (Å²) in [7, 11) is 1.43. The van der Waals surface area contributed by atoms with Gasteiger partial charge in [-0.3, -0.25) is 0 Å². The molecule has 1 aromatic rings. The van der Waals surface area contributed by atoms with Crippen molar-refractivity contribution in [2.45, 2.75) is 13.8 Å². The smallest absolute Gasteiger partial charge is 0.333 e. The Balaban J connectivity index is 3.08. The summed E-state index contributed by atoms with van der Waals surface area (Å²) in [6.07, 6.45) is 1.62. The first-order chi connectivity index (χ1) is 8.49. The van der Waals surface area contributed by atoms with Crippen LogP contribution in [0.3, 0.4) is 0 Å². The molecule has 0 amide bonds. The fraction of sp³-hybridized carbons (Fsp3) is 0.308. The van der Waals surface area contributed by atoms with Crippen LogP contribution in [0.5, 0.6) is 11.5 Å². The highest BCUT2D eigenvalue weighted by Gasteiger charge is 2.09. The van der Waals surface area contributed by atoms with Crippen molar-refractivity contribution in [2.75, 3.05) is 19.5 Å². The fourth-order valence-corrected chi connectivity index (χ4v) is 1.44. The molecule has 1 aromatic carbocycles. The minimum Gasteiger partial charge on any atom is -0.503 e. The lowest BCUT2D eigenvalue weighted by Gasteiger charge is -2.08. The van der Waals surface area contributed by atoms with Crippen molar-refractivity contribution in [2.24, 2.45) is 0 Å². The number of hydrogen-bond donors (Lipinski definition) is 2. The number of nitrogens with two attached hydrogens (primary N) is 1. The summed E-state index contributed by atoms with van der Waals surface area (Å²) < 4.78 is 9.85. The summed E-state index contributed by atoms with van der Waals surface area (Å²) in [6.45, 7) is 3.71. The van der Waals surface area contributed by atoms with E-state index in [0.717, 1.165) is 0 Å². The molecule has 18 heavy (non-hydrogen) atoms. The van der Waals surface area contributed by atoms with E-state index in [1.54, 1.807) is 32.1 Å². The molecule has 5 nitrogen and oxygen atoms in total. The predicted molar refractivity (Wildman–Crippen MR) is 69.4 cm³/mol. The van der Waals surface area contributed by atoms with Gasteiger partial charge in [0.05, 0.1) is 19.4 Å². The van der Waals surface area contributed by atoms with Gasteiger partial charge in [0.1, 0.15) is 0 Å². The molecule has 3 N–H and O–H groups in total. The number of phenolic OH excluding ortho intramolecular Hbond substituents is 1. The molecule has 1 rings (SSSR count). The molecule has 98 valence electrons. The van der Waals surface area contributed by atoms with Crippen LogP contribution < -0.4 is 10.5 Å². The maximum absolute atomic E-state index is 11.5. The SMILES string of the molecule is CCOC(=O)C(C)=Cc1cc(N)c(O)c(OC)c1. The molecule has 0 radical (unpaired) electrons. The van der Waals surface area contributed by atoms with Crippen LogP contribution in [0, 0.1) is 0 Å². The summed E-state index contributed by atoms with van der Waals surface area (Å²) in [5, 5.41) is 9.59. The van der Waals surface area contributed by atoms with E-state index in [1.165, 1.54) is 7.11 Å². The Labute approximate surface area is 106 Å². The number of hydrogen-bond acceptors (Lipinski definition) is 5. The van der Waals surface area contributed by atoms with Gasteiger partial charge in [-0.1, -0.05) is 0 Å². The van der Waals surface area contributed by atoms with Gasteiger partial charge in [0, 0.05) is 5.57 Å². The van der Waals surface area contributed by atoms with Gasteiger partial charge in [-0.05, 0) is 37.6 Å². The van der Waals surface area contributed by atoms with Crippen molar-refractivity contribution in [1.29, 1.82) is 0 Å². The lowest BCUT2D eigenvalue weighted by molar-refractivity contribution is -0.138. The van der Waals surface area contributed by atoms with E-state index in [-0.39, 0.29) is 23.2 Å².